The van der Waals surface area contributed by atoms with E-state index in [1.807, 2.05) is 47.8 Å². The number of carbonyl (C=O) groups excluding carboxylic acids is 1. The van der Waals surface area contributed by atoms with E-state index in [1.165, 1.54) is 17.7 Å². The largest absolute Gasteiger partial charge is 0.288 e. The molecule has 0 amide bonds. The van der Waals surface area contributed by atoms with E-state index in [9.17, 15) is 4.79 Å². The highest BCUT2D eigenvalue weighted by Gasteiger charge is 2.07. The molecule has 0 atom stereocenters. The minimum absolute atomic E-state index is 0.107. The molecule has 3 aromatic rings. The van der Waals surface area contributed by atoms with Gasteiger partial charge in [-0.3, -0.25) is 4.79 Å². The second-order valence-electron chi connectivity index (χ2n) is 3.58. The molecule has 1 aromatic carbocycles. The zero-order valence-electron chi connectivity index (χ0n) is 10.1. The third-order valence-corrected chi connectivity index (χ3v) is 3.13. The molecule has 0 aliphatic rings. The monoisotopic (exact) mass is 268 g/mol. The maximum Gasteiger partial charge on any atom is 0.202 e. The van der Waals surface area contributed by atoms with Gasteiger partial charge in [0, 0.05) is 18.0 Å². The van der Waals surface area contributed by atoms with E-state index < -0.39 is 0 Å². The van der Waals surface area contributed by atoms with E-state index in [2.05, 4.69) is 9.97 Å². The molecule has 0 aliphatic heterocycles. The Labute approximate surface area is 115 Å². The van der Waals surface area contributed by atoms with Crippen molar-refractivity contribution in [3.05, 3.63) is 83.1 Å². The van der Waals surface area contributed by atoms with E-state index in [1.54, 1.807) is 18.5 Å². The summed E-state index contributed by atoms with van der Waals surface area (Å²) in [6.45, 7) is 0. The number of carbonyl (C=O) groups is 1. The van der Waals surface area contributed by atoms with Crippen molar-refractivity contribution in [3.63, 3.8) is 0 Å². The second-order valence-corrected chi connectivity index (χ2v) is 4.52. The van der Waals surface area contributed by atoms with Crippen molar-refractivity contribution in [2.24, 2.45) is 0 Å². The van der Waals surface area contributed by atoms with Gasteiger partial charge in [0.05, 0.1) is 4.88 Å². The van der Waals surface area contributed by atoms with Crippen molar-refractivity contribution in [2.75, 3.05) is 0 Å². The Hall–Kier alpha value is -2.33. The molecule has 3 nitrogen and oxygen atoms in total. The normalized spacial score (nSPS) is 9.26. The van der Waals surface area contributed by atoms with Crippen LogP contribution in [-0.2, 0) is 0 Å². The SMILES string of the molecule is O=C(c1ccccc1)c1cccs1.c1cncnc1. The van der Waals surface area contributed by atoms with Gasteiger partial charge in [0.15, 0.2) is 0 Å². The van der Waals surface area contributed by atoms with Gasteiger partial charge in [-0.15, -0.1) is 11.3 Å². The van der Waals surface area contributed by atoms with Crippen molar-refractivity contribution in [3.8, 4) is 0 Å². The van der Waals surface area contributed by atoms with E-state index in [0.29, 0.717) is 0 Å². The Morgan fingerprint density at radius 1 is 0.895 bits per heavy atom. The summed E-state index contributed by atoms with van der Waals surface area (Å²) in [6, 6.07) is 14.8. The van der Waals surface area contributed by atoms with Crippen molar-refractivity contribution >= 4 is 17.1 Å². The van der Waals surface area contributed by atoms with Gasteiger partial charge in [-0.25, -0.2) is 9.97 Å². The van der Waals surface area contributed by atoms with E-state index >= 15 is 0 Å². The molecule has 0 saturated carbocycles. The van der Waals surface area contributed by atoms with E-state index in [-0.39, 0.29) is 5.78 Å². The number of ketones is 1. The van der Waals surface area contributed by atoms with Crippen molar-refractivity contribution < 1.29 is 4.79 Å². The smallest absolute Gasteiger partial charge is 0.202 e. The van der Waals surface area contributed by atoms with Gasteiger partial charge in [-0.05, 0) is 17.5 Å². The van der Waals surface area contributed by atoms with Crippen LogP contribution in [0.15, 0.2) is 72.6 Å². The summed E-state index contributed by atoms with van der Waals surface area (Å²) in [5.41, 5.74) is 0.755. The van der Waals surface area contributed by atoms with Gasteiger partial charge in [0.25, 0.3) is 0 Å². The summed E-state index contributed by atoms with van der Waals surface area (Å²) in [4.78, 5) is 19.9. The van der Waals surface area contributed by atoms with Crippen LogP contribution in [0, 0.1) is 0 Å². The lowest BCUT2D eigenvalue weighted by Gasteiger charge is -1.95. The van der Waals surface area contributed by atoms with Crippen molar-refractivity contribution in [2.45, 2.75) is 0 Å². The lowest BCUT2D eigenvalue weighted by Crippen LogP contribution is -1.96. The topological polar surface area (TPSA) is 42.9 Å². The maximum absolute atomic E-state index is 11.7. The van der Waals surface area contributed by atoms with Gasteiger partial charge < -0.3 is 0 Å². The first-order valence-corrected chi connectivity index (χ1v) is 6.59. The molecular formula is C15H12N2OS. The third kappa shape index (κ3) is 4.12. The van der Waals surface area contributed by atoms with E-state index in [4.69, 9.17) is 0 Å². The fourth-order valence-corrected chi connectivity index (χ4v) is 2.08. The highest BCUT2D eigenvalue weighted by atomic mass is 32.1. The number of nitrogens with zero attached hydrogens (tertiary/aromatic N) is 2. The van der Waals surface area contributed by atoms with Crippen LogP contribution < -0.4 is 0 Å². The minimum atomic E-state index is 0.107. The number of benzene rings is 1. The molecule has 0 bridgehead atoms. The highest BCUT2D eigenvalue weighted by Crippen LogP contribution is 2.14. The molecule has 0 radical (unpaired) electrons. The summed E-state index contributed by atoms with van der Waals surface area (Å²) in [7, 11) is 0. The zero-order valence-corrected chi connectivity index (χ0v) is 11.0. The Morgan fingerprint density at radius 2 is 1.63 bits per heavy atom. The van der Waals surface area contributed by atoms with Crippen molar-refractivity contribution in [1.82, 2.24) is 9.97 Å². The molecule has 0 spiro atoms. The first kappa shape index (κ1) is 13.1. The van der Waals surface area contributed by atoms with Crippen LogP contribution in [0.3, 0.4) is 0 Å². The summed E-state index contributed by atoms with van der Waals surface area (Å²) in [6.07, 6.45) is 4.88. The molecule has 2 heterocycles. The molecule has 2 aromatic heterocycles. The average molecular weight is 268 g/mol. The first-order chi connectivity index (χ1) is 9.38. The minimum Gasteiger partial charge on any atom is -0.288 e. The molecule has 0 N–H and O–H groups in total. The lowest BCUT2D eigenvalue weighted by atomic mass is 10.1. The van der Waals surface area contributed by atoms with Gasteiger partial charge in [-0.2, -0.15) is 0 Å². The maximum atomic E-state index is 11.7. The molecule has 3 rings (SSSR count). The van der Waals surface area contributed by atoms with Crippen LogP contribution in [0.25, 0.3) is 0 Å². The Bertz CT molecular complexity index is 568. The molecular weight excluding hydrogens is 256 g/mol. The molecule has 0 saturated heterocycles. The third-order valence-electron chi connectivity index (χ3n) is 2.26. The van der Waals surface area contributed by atoms with Gasteiger partial charge in [0.1, 0.15) is 6.33 Å². The van der Waals surface area contributed by atoms with Gasteiger partial charge in [0.2, 0.25) is 5.78 Å². The first-order valence-electron chi connectivity index (χ1n) is 5.71. The molecule has 94 valence electrons. The number of hydrogen-bond donors (Lipinski definition) is 0. The fourth-order valence-electron chi connectivity index (χ4n) is 1.39. The fraction of sp³-hybridized carbons (Fsp3) is 0. The molecule has 0 fully saturated rings. The summed E-state index contributed by atoms with van der Waals surface area (Å²) in [5.74, 6) is 0.107. The molecule has 0 aliphatic carbocycles. The van der Waals surface area contributed by atoms with Gasteiger partial charge in [-0.1, -0.05) is 36.4 Å². The zero-order chi connectivity index (χ0) is 13.3. The summed E-state index contributed by atoms with van der Waals surface area (Å²) in [5, 5.41) is 1.91. The lowest BCUT2D eigenvalue weighted by molar-refractivity contribution is 0.104. The quantitative estimate of drug-likeness (QED) is 0.668. The van der Waals surface area contributed by atoms with Crippen molar-refractivity contribution in [1.29, 1.82) is 0 Å². The molecule has 4 heteroatoms. The number of aromatic nitrogens is 2. The van der Waals surface area contributed by atoms with E-state index in [0.717, 1.165) is 10.4 Å². The number of thiophene rings is 1. The van der Waals surface area contributed by atoms with Crippen LogP contribution >= 0.6 is 11.3 Å². The Kier molecular flexibility index (Phi) is 4.96. The van der Waals surface area contributed by atoms with Gasteiger partial charge >= 0.3 is 0 Å². The predicted octanol–water partition coefficient (Wildman–Crippen LogP) is 3.46. The second kappa shape index (κ2) is 7.18. The average Bonchev–Trinajstić information content (AvgIpc) is 3.04. The van der Waals surface area contributed by atoms with Crippen LogP contribution in [0.1, 0.15) is 15.2 Å². The summed E-state index contributed by atoms with van der Waals surface area (Å²) >= 11 is 1.48. The standard InChI is InChI=1S/C11H8OS.C4H4N2/c12-11(10-7-4-8-13-10)9-5-2-1-3-6-9;1-2-5-4-6-3-1/h1-8H;1-4H. The number of hydrogen-bond acceptors (Lipinski definition) is 4. The number of rotatable bonds is 2. The Morgan fingerprint density at radius 3 is 2.11 bits per heavy atom. The predicted molar refractivity (Wildman–Crippen MR) is 76.2 cm³/mol. The molecule has 19 heavy (non-hydrogen) atoms. The van der Waals surface area contributed by atoms with Crippen LogP contribution in [-0.4, -0.2) is 15.8 Å². The van der Waals surface area contributed by atoms with Crippen LogP contribution in [0.5, 0.6) is 0 Å². The summed E-state index contributed by atoms with van der Waals surface area (Å²) < 4.78 is 0. The van der Waals surface area contributed by atoms with Crippen LogP contribution in [0.2, 0.25) is 0 Å². The Balaban J connectivity index is 0.000000186. The van der Waals surface area contributed by atoms with Crippen LogP contribution in [0.4, 0.5) is 0 Å². The molecule has 0 unspecified atom stereocenters. The highest BCUT2D eigenvalue weighted by molar-refractivity contribution is 7.12.